The maximum absolute atomic E-state index is 13.2. The third-order valence-electron chi connectivity index (χ3n) is 4.57. The summed E-state index contributed by atoms with van der Waals surface area (Å²) in [6.07, 6.45) is 0.810. The van der Waals surface area contributed by atoms with Crippen LogP contribution in [0.15, 0.2) is 53.4 Å². The van der Waals surface area contributed by atoms with E-state index in [4.69, 9.17) is 21.7 Å². The van der Waals surface area contributed by atoms with E-state index in [0.29, 0.717) is 49.4 Å². The number of methoxy groups -OCH3 is 1. The lowest BCUT2D eigenvalue weighted by Crippen LogP contribution is -2.41. The van der Waals surface area contributed by atoms with Crippen LogP contribution in [0.25, 0.3) is 0 Å². The van der Waals surface area contributed by atoms with Crippen LogP contribution in [0.1, 0.15) is 5.56 Å². The summed E-state index contributed by atoms with van der Waals surface area (Å²) >= 11 is 5.37. The molecule has 1 heterocycles. The number of thiocarbonyl (C=S) groups is 1. The van der Waals surface area contributed by atoms with Gasteiger partial charge in [-0.1, -0.05) is 30.3 Å². The molecule has 3 rings (SSSR count). The predicted molar refractivity (Wildman–Crippen MR) is 117 cm³/mol. The first-order valence-corrected chi connectivity index (χ1v) is 11.2. The molecule has 156 valence electrons. The second-order valence-corrected chi connectivity index (χ2v) is 8.81. The van der Waals surface area contributed by atoms with Crippen LogP contribution < -0.4 is 15.4 Å². The molecule has 0 atom stereocenters. The first-order valence-electron chi connectivity index (χ1n) is 9.35. The number of nitrogens with one attached hydrogen (secondary N) is 2. The molecule has 0 aromatic heterocycles. The maximum Gasteiger partial charge on any atom is 0.245 e. The van der Waals surface area contributed by atoms with Gasteiger partial charge in [-0.25, -0.2) is 8.42 Å². The Morgan fingerprint density at radius 3 is 2.59 bits per heavy atom. The van der Waals surface area contributed by atoms with Crippen molar-refractivity contribution in [3.63, 3.8) is 0 Å². The van der Waals surface area contributed by atoms with Crippen LogP contribution in [0, 0.1) is 0 Å². The minimum atomic E-state index is -3.71. The third-order valence-corrected chi connectivity index (χ3v) is 6.75. The van der Waals surface area contributed by atoms with Gasteiger partial charge in [0.05, 0.1) is 26.0 Å². The molecule has 2 aromatic rings. The monoisotopic (exact) mass is 435 g/mol. The van der Waals surface area contributed by atoms with Gasteiger partial charge in [0, 0.05) is 25.7 Å². The van der Waals surface area contributed by atoms with E-state index in [1.807, 2.05) is 18.2 Å². The highest BCUT2D eigenvalue weighted by Crippen LogP contribution is 2.29. The van der Waals surface area contributed by atoms with Crippen LogP contribution in [0.5, 0.6) is 5.75 Å². The Morgan fingerprint density at radius 1 is 1.17 bits per heavy atom. The summed E-state index contributed by atoms with van der Waals surface area (Å²) in [6.45, 7) is 2.03. The highest BCUT2D eigenvalue weighted by Gasteiger charge is 2.29. The van der Waals surface area contributed by atoms with Crippen molar-refractivity contribution in [2.75, 3.05) is 45.3 Å². The van der Waals surface area contributed by atoms with Crippen LogP contribution in [0.2, 0.25) is 0 Å². The zero-order valence-electron chi connectivity index (χ0n) is 16.3. The minimum Gasteiger partial charge on any atom is -0.497 e. The Bertz CT molecular complexity index is 930. The van der Waals surface area contributed by atoms with E-state index in [0.717, 1.165) is 6.42 Å². The number of hydrogen-bond acceptors (Lipinski definition) is 5. The molecule has 1 aliphatic rings. The van der Waals surface area contributed by atoms with E-state index in [9.17, 15) is 8.42 Å². The smallest absolute Gasteiger partial charge is 0.245 e. The molecule has 29 heavy (non-hydrogen) atoms. The van der Waals surface area contributed by atoms with Crippen molar-refractivity contribution in [1.82, 2.24) is 9.62 Å². The molecule has 1 fully saturated rings. The molecule has 0 aliphatic carbocycles. The summed E-state index contributed by atoms with van der Waals surface area (Å²) in [5.41, 5.74) is 1.61. The third kappa shape index (κ3) is 5.66. The molecule has 0 bridgehead atoms. The lowest BCUT2D eigenvalue weighted by Gasteiger charge is -2.27. The Morgan fingerprint density at radius 2 is 1.90 bits per heavy atom. The average Bonchev–Trinajstić information content (AvgIpc) is 2.75. The summed E-state index contributed by atoms with van der Waals surface area (Å²) in [4.78, 5) is 0.131. The van der Waals surface area contributed by atoms with Crippen molar-refractivity contribution in [3.05, 3.63) is 54.1 Å². The molecule has 0 amide bonds. The van der Waals surface area contributed by atoms with Gasteiger partial charge in [-0.3, -0.25) is 0 Å². The van der Waals surface area contributed by atoms with E-state index in [1.54, 1.807) is 12.1 Å². The molecule has 2 aromatic carbocycles. The fourth-order valence-electron chi connectivity index (χ4n) is 3.00. The molecule has 7 nitrogen and oxygen atoms in total. The fraction of sp³-hybridized carbons (Fsp3) is 0.350. The van der Waals surface area contributed by atoms with Gasteiger partial charge in [0.25, 0.3) is 0 Å². The molecule has 0 saturated carbocycles. The number of anilines is 1. The second kappa shape index (κ2) is 10.0. The van der Waals surface area contributed by atoms with Gasteiger partial charge in [-0.15, -0.1) is 0 Å². The molecule has 2 N–H and O–H groups in total. The van der Waals surface area contributed by atoms with Crippen LogP contribution in [-0.4, -0.2) is 57.8 Å². The van der Waals surface area contributed by atoms with Crippen molar-refractivity contribution in [2.45, 2.75) is 11.3 Å². The molecule has 1 saturated heterocycles. The number of benzene rings is 2. The van der Waals surface area contributed by atoms with Crippen molar-refractivity contribution in [1.29, 1.82) is 0 Å². The van der Waals surface area contributed by atoms with Crippen molar-refractivity contribution in [3.8, 4) is 5.75 Å². The highest BCUT2D eigenvalue weighted by atomic mass is 32.2. The molecule has 1 aliphatic heterocycles. The van der Waals surface area contributed by atoms with Crippen LogP contribution in [-0.2, 0) is 21.2 Å². The van der Waals surface area contributed by atoms with Gasteiger partial charge in [0.2, 0.25) is 10.0 Å². The van der Waals surface area contributed by atoms with E-state index in [1.165, 1.54) is 23.0 Å². The predicted octanol–water partition coefficient (Wildman–Crippen LogP) is 2.25. The van der Waals surface area contributed by atoms with Gasteiger partial charge in [-0.05, 0) is 36.3 Å². The number of sulfonamides is 1. The molecule has 0 spiro atoms. The summed E-state index contributed by atoms with van der Waals surface area (Å²) in [6, 6.07) is 14.9. The zero-order chi connectivity index (χ0) is 20.7. The zero-order valence-corrected chi connectivity index (χ0v) is 17.9. The highest BCUT2D eigenvalue weighted by molar-refractivity contribution is 7.89. The van der Waals surface area contributed by atoms with Crippen molar-refractivity contribution >= 4 is 33.0 Å². The van der Waals surface area contributed by atoms with E-state index >= 15 is 0 Å². The normalized spacial score (nSPS) is 14.9. The van der Waals surface area contributed by atoms with Crippen molar-refractivity contribution < 1.29 is 17.9 Å². The van der Waals surface area contributed by atoms with Gasteiger partial charge < -0.3 is 20.1 Å². The molecule has 9 heteroatoms. The van der Waals surface area contributed by atoms with E-state index < -0.39 is 10.0 Å². The largest absolute Gasteiger partial charge is 0.497 e. The number of hydrogen-bond donors (Lipinski definition) is 2. The summed E-state index contributed by atoms with van der Waals surface area (Å²) in [5, 5.41) is 6.51. The van der Waals surface area contributed by atoms with Crippen LogP contribution in [0.3, 0.4) is 0 Å². The number of rotatable bonds is 7. The number of nitrogens with zero attached hydrogens (tertiary/aromatic N) is 1. The van der Waals surface area contributed by atoms with Gasteiger partial charge in [0.15, 0.2) is 5.11 Å². The van der Waals surface area contributed by atoms with Crippen molar-refractivity contribution in [2.24, 2.45) is 0 Å². The number of morpholine rings is 1. The Hall–Kier alpha value is -2.20. The molecule has 0 radical (unpaired) electrons. The Balaban J connectivity index is 1.72. The standard InChI is InChI=1S/C20H25N3O4S2/c1-26-17-7-8-18(19(15-17)29(24,25)23-11-13-27-14-12-23)22-20(28)21-10-9-16-5-3-2-4-6-16/h2-8,15H,9-14H2,1H3,(H2,21,22,28). The Labute approximate surface area is 177 Å². The lowest BCUT2D eigenvalue weighted by molar-refractivity contribution is 0.0730. The van der Waals surface area contributed by atoms with E-state index in [2.05, 4.69) is 22.8 Å². The van der Waals surface area contributed by atoms with E-state index in [-0.39, 0.29) is 4.90 Å². The fourth-order valence-corrected chi connectivity index (χ4v) is 4.79. The van der Waals surface area contributed by atoms with Gasteiger partial charge in [-0.2, -0.15) is 4.31 Å². The molecular weight excluding hydrogens is 410 g/mol. The number of ether oxygens (including phenoxy) is 2. The molecule has 0 unspecified atom stereocenters. The quantitative estimate of drug-likeness (QED) is 0.646. The van der Waals surface area contributed by atoms with Crippen LogP contribution >= 0.6 is 12.2 Å². The lowest BCUT2D eigenvalue weighted by atomic mass is 10.1. The summed E-state index contributed by atoms with van der Waals surface area (Å²) < 4.78 is 38.3. The van der Waals surface area contributed by atoms with Gasteiger partial charge >= 0.3 is 0 Å². The first kappa shape index (κ1) is 21.5. The van der Waals surface area contributed by atoms with Gasteiger partial charge in [0.1, 0.15) is 10.6 Å². The van der Waals surface area contributed by atoms with Crippen LogP contribution in [0.4, 0.5) is 5.69 Å². The summed E-state index contributed by atoms with van der Waals surface area (Å²) in [5.74, 6) is 0.463. The average molecular weight is 436 g/mol. The topological polar surface area (TPSA) is 79.9 Å². The Kier molecular flexibility index (Phi) is 7.43. The maximum atomic E-state index is 13.2. The molecular formula is C20H25N3O4S2. The summed E-state index contributed by atoms with van der Waals surface area (Å²) in [7, 11) is -2.21. The first-order chi connectivity index (χ1) is 14.0. The second-order valence-electron chi connectivity index (χ2n) is 6.50. The minimum absolute atomic E-state index is 0.131. The SMILES string of the molecule is COc1ccc(NC(=S)NCCc2ccccc2)c(S(=O)(=O)N2CCOCC2)c1.